The lowest BCUT2D eigenvalue weighted by Gasteiger charge is -2.29. The fourth-order valence-corrected chi connectivity index (χ4v) is 3.38. The van der Waals surface area contributed by atoms with Crippen LogP contribution >= 0.6 is 24.0 Å². The maximum absolute atomic E-state index is 5.30. The molecule has 0 radical (unpaired) electrons. The summed E-state index contributed by atoms with van der Waals surface area (Å²) in [4.78, 5) is 4.34. The Morgan fingerprint density at radius 3 is 2.71 bits per heavy atom. The molecule has 1 heterocycles. The van der Waals surface area contributed by atoms with E-state index < -0.39 is 0 Å². The Morgan fingerprint density at radius 2 is 2.12 bits per heavy atom. The lowest BCUT2D eigenvalue weighted by molar-refractivity contribution is 0.138. The van der Waals surface area contributed by atoms with Crippen LogP contribution in [0.3, 0.4) is 0 Å². The van der Waals surface area contributed by atoms with E-state index in [2.05, 4.69) is 26.9 Å². The number of rotatable bonds is 8. The zero-order valence-electron chi connectivity index (χ0n) is 15.2. The van der Waals surface area contributed by atoms with Gasteiger partial charge in [-0.25, -0.2) is 0 Å². The third-order valence-corrected chi connectivity index (χ3v) is 4.82. The van der Waals surface area contributed by atoms with Gasteiger partial charge in [0, 0.05) is 47.1 Å². The molecule has 1 aromatic heterocycles. The van der Waals surface area contributed by atoms with Gasteiger partial charge in [-0.2, -0.15) is 5.10 Å². The molecule has 7 heteroatoms. The van der Waals surface area contributed by atoms with Gasteiger partial charge < -0.3 is 15.4 Å². The molecule has 1 saturated carbocycles. The zero-order valence-corrected chi connectivity index (χ0v) is 17.5. The maximum Gasteiger partial charge on any atom is 0.191 e. The van der Waals surface area contributed by atoms with Crippen LogP contribution in [0.5, 0.6) is 0 Å². The number of aryl methyl sites for hydroxylation is 1. The van der Waals surface area contributed by atoms with Crippen LogP contribution < -0.4 is 10.6 Å². The minimum absolute atomic E-state index is 0. The first-order valence-corrected chi connectivity index (χ1v) is 8.58. The van der Waals surface area contributed by atoms with E-state index in [0.717, 1.165) is 38.5 Å². The molecule has 0 saturated heterocycles. The van der Waals surface area contributed by atoms with Crippen molar-refractivity contribution in [1.82, 2.24) is 20.4 Å². The summed E-state index contributed by atoms with van der Waals surface area (Å²) in [7, 11) is 5.56. The lowest BCUT2D eigenvalue weighted by Crippen LogP contribution is -2.43. The van der Waals surface area contributed by atoms with Gasteiger partial charge in [0.05, 0.1) is 6.20 Å². The van der Waals surface area contributed by atoms with Gasteiger partial charge in [-0.3, -0.25) is 9.67 Å². The SMILES string of the molecule is CN=C(NCCc1cnn(C)c1)NCC1(CCOC)CCCC1.I. The molecule has 0 aliphatic heterocycles. The molecular weight excluding hydrogens is 417 g/mol. The molecule has 6 nitrogen and oxygen atoms in total. The smallest absolute Gasteiger partial charge is 0.191 e. The summed E-state index contributed by atoms with van der Waals surface area (Å²) in [6.45, 7) is 2.67. The molecule has 0 spiro atoms. The third-order valence-electron chi connectivity index (χ3n) is 4.82. The summed E-state index contributed by atoms with van der Waals surface area (Å²) >= 11 is 0. The summed E-state index contributed by atoms with van der Waals surface area (Å²) in [6.07, 6.45) is 11.3. The first-order chi connectivity index (χ1) is 11.2. The number of aromatic nitrogens is 2. The highest BCUT2D eigenvalue weighted by molar-refractivity contribution is 14.0. The second-order valence-corrected chi connectivity index (χ2v) is 6.57. The second kappa shape index (κ2) is 10.9. The van der Waals surface area contributed by atoms with E-state index >= 15 is 0 Å². The fourth-order valence-electron chi connectivity index (χ4n) is 3.38. The normalized spacial score (nSPS) is 16.7. The van der Waals surface area contributed by atoms with Crippen LogP contribution in [0.15, 0.2) is 17.4 Å². The van der Waals surface area contributed by atoms with E-state index in [1.54, 1.807) is 7.11 Å². The van der Waals surface area contributed by atoms with Gasteiger partial charge in [0.25, 0.3) is 0 Å². The molecule has 1 aliphatic rings. The maximum atomic E-state index is 5.30. The highest BCUT2D eigenvalue weighted by atomic mass is 127. The largest absolute Gasteiger partial charge is 0.385 e. The van der Waals surface area contributed by atoms with E-state index in [4.69, 9.17) is 4.74 Å². The summed E-state index contributed by atoms with van der Waals surface area (Å²) in [5, 5.41) is 11.1. The fraction of sp³-hybridized carbons (Fsp3) is 0.765. The predicted octanol–water partition coefficient (Wildman–Crippen LogP) is 2.34. The molecule has 0 bridgehead atoms. The van der Waals surface area contributed by atoms with Gasteiger partial charge in [-0.15, -0.1) is 24.0 Å². The number of hydrogen-bond donors (Lipinski definition) is 2. The number of halogens is 1. The second-order valence-electron chi connectivity index (χ2n) is 6.57. The number of nitrogens with one attached hydrogen (secondary N) is 2. The van der Waals surface area contributed by atoms with Crippen molar-refractivity contribution in [3.8, 4) is 0 Å². The molecule has 1 aliphatic carbocycles. The van der Waals surface area contributed by atoms with Crippen LogP contribution in [0.2, 0.25) is 0 Å². The van der Waals surface area contributed by atoms with E-state index in [1.807, 2.05) is 25.0 Å². The van der Waals surface area contributed by atoms with Crippen LogP contribution in [0.4, 0.5) is 0 Å². The van der Waals surface area contributed by atoms with E-state index in [0.29, 0.717) is 5.41 Å². The van der Waals surface area contributed by atoms with Crippen molar-refractivity contribution in [1.29, 1.82) is 0 Å². The Bertz CT molecular complexity index is 497. The molecule has 0 atom stereocenters. The van der Waals surface area contributed by atoms with Gasteiger partial charge in [-0.05, 0) is 36.7 Å². The average molecular weight is 449 g/mol. The van der Waals surface area contributed by atoms with Crippen LogP contribution in [-0.2, 0) is 18.2 Å². The monoisotopic (exact) mass is 449 g/mol. The van der Waals surface area contributed by atoms with Crippen LogP contribution in [0, 0.1) is 5.41 Å². The van der Waals surface area contributed by atoms with Crippen molar-refractivity contribution in [2.24, 2.45) is 17.5 Å². The van der Waals surface area contributed by atoms with Gasteiger partial charge in [0.15, 0.2) is 5.96 Å². The summed E-state index contributed by atoms with van der Waals surface area (Å²) in [5.74, 6) is 0.887. The Balaban J connectivity index is 0.00000288. The third kappa shape index (κ3) is 6.58. The van der Waals surface area contributed by atoms with Crippen LogP contribution in [0.1, 0.15) is 37.7 Å². The van der Waals surface area contributed by atoms with Crippen LogP contribution in [-0.4, -0.2) is 49.6 Å². The lowest BCUT2D eigenvalue weighted by atomic mass is 9.83. The van der Waals surface area contributed by atoms with E-state index in [1.165, 1.54) is 31.2 Å². The number of hydrogen-bond acceptors (Lipinski definition) is 3. The molecule has 0 aromatic carbocycles. The summed E-state index contributed by atoms with van der Waals surface area (Å²) in [5.41, 5.74) is 1.61. The molecule has 1 aromatic rings. The number of nitrogens with zero attached hydrogens (tertiary/aromatic N) is 3. The minimum Gasteiger partial charge on any atom is -0.385 e. The molecule has 24 heavy (non-hydrogen) atoms. The number of methoxy groups -OCH3 is 1. The predicted molar refractivity (Wildman–Crippen MR) is 109 cm³/mol. The number of ether oxygens (including phenoxy) is 1. The van der Waals surface area contributed by atoms with Gasteiger partial charge in [0.2, 0.25) is 0 Å². The topological polar surface area (TPSA) is 63.5 Å². The first kappa shape index (κ1) is 21.2. The Hall–Kier alpha value is -0.830. The molecule has 0 unspecified atom stereocenters. The van der Waals surface area contributed by atoms with Gasteiger partial charge in [-0.1, -0.05) is 12.8 Å². The van der Waals surface area contributed by atoms with E-state index in [-0.39, 0.29) is 24.0 Å². The molecule has 138 valence electrons. The van der Waals surface area contributed by atoms with Gasteiger partial charge in [0.1, 0.15) is 0 Å². The molecule has 2 N–H and O–H groups in total. The van der Waals surface area contributed by atoms with Gasteiger partial charge >= 0.3 is 0 Å². The quantitative estimate of drug-likeness (QED) is 0.364. The Kier molecular flexibility index (Phi) is 9.65. The number of aliphatic imine (C=N–C) groups is 1. The minimum atomic E-state index is 0. The summed E-state index contributed by atoms with van der Waals surface area (Å²) in [6, 6.07) is 0. The number of guanidine groups is 1. The first-order valence-electron chi connectivity index (χ1n) is 8.58. The highest BCUT2D eigenvalue weighted by Gasteiger charge is 2.33. The summed E-state index contributed by atoms with van der Waals surface area (Å²) < 4.78 is 7.13. The van der Waals surface area contributed by atoms with Crippen molar-refractivity contribution in [3.05, 3.63) is 18.0 Å². The standard InChI is InChI=1S/C17H31N5O.HI/c1-18-16(19-10-6-15-12-21-22(2)13-15)20-14-17(9-11-23-3)7-4-5-8-17;/h12-13H,4-11,14H2,1-3H3,(H2,18,19,20);1H. The highest BCUT2D eigenvalue weighted by Crippen LogP contribution is 2.40. The van der Waals surface area contributed by atoms with Crippen molar-refractivity contribution < 1.29 is 4.74 Å². The molecule has 0 amide bonds. The van der Waals surface area contributed by atoms with Crippen molar-refractivity contribution in [2.75, 3.05) is 33.9 Å². The van der Waals surface area contributed by atoms with Crippen molar-refractivity contribution in [3.63, 3.8) is 0 Å². The van der Waals surface area contributed by atoms with Crippen molar-refractivity contribution in [2.45, 2.75) is 38.5 Å². The zero-order chi connectivity index (χ0) is 16.5. The Morgan fingerprint density at radius 1 is 1.38 bits per heavy atom. The van der Waals surface area contributed by atoms with E-state index in [9.17, 15) is 0 Å². The van der Waals surface area contributed by atoms with Crippen LogP contribution in [0.25, 0.3) is 0 Å². The molecule has 2 rings (SSSR count). The average Bonchev–Trinajstić information content (AvgIpc) is 3.18. The van der Waals surface area contributed by atoms with Crippen molar-refractivity contribution >= 4 is 29.9 Å². The Labute approximate surface area is 162 Å². The molecule has 1 fully saturated rings. The molecular formula is C17H32IN5O.